The lowest BCUT2D eigenvalue weighted by atomic mass is 9.95. The zero-order chi connectivity index (χ0) is 18.1. The van der Waals surface area contributed by atoms with Crippen molar-refractivity contribution in [3.63, 3.8) is 0 Å². The Bertz CT molecular complexity index is 602. The largest absolute Gasteiger partial charge is 0.346 e. The third-order valence-corrected chi connectivity index (χ3v) is 4.65. The molecule has 0 bridgehead atoms. The molecular weight excluding hydrogens is 312 g/mol. The lowest BCUT2D eigenvalue weighted by Gasteiger charge is -2.32. The number of rotatable bonds is 7. The second-order valence-electron chi connectivity index (χ2n) is 6.53. The Morgan fingerprint density at radius 2 is 1.92 bits per heavy atom. The molecule has 1 fully saturated rings. The fourth-order valence-electron chi connectivity index (χ4n) is 3.08. The second kappa shape index (κ2) is 9.82. The predicted molar refractivity (Wildman–Crippen MR) is 102 cm³/mol. The Morgan fingerprint density at radius 1 is 1.24 bits per heavy atom. The van der Waals surface area contributed by atoms with Gasteiger partial charge in [-0.05, 0) is 37.3 Å². The van der Waals surface area contributed by atoms with E-state index in [1.165, 1.54) is 0 Å². The quantitative estimate of drug-likeness (QED) is 0.434. The number of carbonyl (C=O) groups excluding carboxylic acids is 2. The molecule has 2 amide bonds. The molecule has 1 saturated heterocycles. The van der Waals surface area contributed by atoms with E-state index >= 15 is 0 Å². The van der Waals surface area contributed by atoms with Crippen LogP contribution in [-0.4, -0.2) is 48.3 Å². The summed E-state index contributed by atoms with van der Waals surface area (Å²) in [4.78, 5) is 28.4. The maximum atomic E-state index is 12.5. The normalized spacial score (nSPS) is 15.3. The summed E-state index contributed by atoms with van der Waals surface area (Å²) in [7, 11) is 1.87. The van der Waals surface area contributed by atoms with Crippen LogP contribution in [0.4, 0.5) is 0 Å². The minimum atomic E-state index is 0.0223. The fraction of sp³-hybridized carbons (Fsp3) is 0.429. The molecule has 1 aliphatic heterocycles. The molecule has 1 aliphatic rings. The molecule has 25 heavy (non-hydrogen) atoms. The van der Waals surface area contributed by atoms with Gasteiger partial charge in [-0.3, -0.25) is 9.59 Å². The molecule has 4 nitrogen and oxygen atoms in total. The Labute approximate surface area is 150 Å². The van der Waals surface area contributed by atoms with Crippen molar-refractivity contribution < 1.29 is 9.59 Å². The van der Waals surface area contributed by atoms with E-state index in [0.717, 1.165) is 37.8 Å². The standard InChI is InChI=1S/C21H28N2O2/c1-3-4-8-15-22(2)21(25)19-13-16-23(17-14-19)20(24)12-11-18-9-6-5-7-10-18/h3,5-7,9-12,19H,1,4,8,13-17H2,2H3. The van der Waals surface area contributed by atoms with Gasteiger partial charge in [0, 0.05) is 38.7 Å². The number of likely N-dealkylation sites (tertiary alicyclic amines) is 1. The van der Waals surface area contributed by atoms with Crippen LogP contribution in [0.25, 0.3) is 6.08 Å². The highest BCUT2D eigenvalue weighted by molar-refractivity contribution is 5.92. The molecule has 0 spiro atoms. The third kappa shape index (κ3) is 5.89. The number of nitrogens with zero attached hydrogens (tertiary/aromatic N) is 2. The first kappa shape index (κ1) is 19.0. The van der Waals surface area contributed by atoms with Crippen LogP contribution in [0.2, 0.25) is 0 Å². The van der Waals surface area contributed by atoms with Gasteiger partial charge in [0.2, 0.25) is 11.8 Å². The second-order valence-corrected chi connectivity index (χ2v) is 6.53. The first-order chi connectivity index (χ1) is 12.1. The summed E-state index contributed by atoms with van der Waals surface area (Å²) in [5.41, 5.74) is 1.02. The Hall–Kier alpha value is -2.36. The number of hydrogen-bond donors (Lipinski definition) is 0. The van der Waals surface area contributed by atoms with Crippen LogP contribution in [0.5, 0.6) is 0 Å². The molecule has 0 aromatic heterocycles. The van der Waals surface area contributed by atoms with Crippen LogP contribution < -0.4 is 0 Å². The highest BCUT2D eigenvalue weighted by Crippen LogP contribution is 2.20. The molecule has 0 aliphatic carbocycles. The van der Waals surface area contributed by atoms with Gasteiger partial charge in [-0.25, -0.2) is 0 Å². The van der Waals surface area contributed by atoms with Gasteiger partial charge in [0.05, 0.1) is 0 Å². The van der Waals surface area contributed by atoms with E-state index in [9.17, 15) is 9.59 Å². The third-order valence-electron chi connectivity index (χ3n) is 4.65. The van der Waals surface area contributed by atoms with Gasteiger partial charge in [-0.2, -0.15) is 0 Å². The molecule has 1 aromatic rings. The smallest absolute Gasteiger partial charge is 0.246 e. The van der Waals surface area contributed by atoms with Crippen molar-refractivity contribution in [3.8, 4) is 0 Å². The molecule has 2 rings (SSSR count). The number of carbonyl (C=O) groups is 2. The van der Waals surface area contributed by atoms with E-state index in [-0.39, 0.29) is 17.7 Å². The molecule has 0 unspecified atom stereocenters. The van der Waals surface area contributed by atoms with E-state index in [0.29, 0.717) is 13.1 Å². The minimum absolute atomic E-state index is 0.0223. The van der Waals surface area contributed by atoms with E-state index in [1.54, 1.807) is 6.08 Å². The molecule has 0 radical (unpaired) electrons. The average molecular weight is 340 g/mol. The zero-order valence-electron chi connectivity index (χ0n) is 15.1. The monoisotopic (exact) mass is 340 g/mol. The van der Waals surface area contributed by atoms with Crippen molar-refractivity contribution >= 4 is 17.9 Å². The maximum absolute atomic E-state index is 12.5. The molecule has 1 heterocycles. The van der Waals surface area contributed by atoms with Crippen molar-refractivity contribution in [3.05, 3.63) is 54.6 Å². The lowest BCUT2D eigenvalue weighted by Crippen LogP contribution is -2.43. The summed E-state index contributed by atoms with van der Waals surface area (Å²) < 4.78 is 0. The molecule has 1 aromatic carbocycles. The first-order valence-electron chi connectivity index (χ1n) is 8.99. The maximum Gasteiger partial charge on any atom is 0.246 e. The summed E-state index contributed by atoms with van der Waals surface area (Å²) in [5.74, 6) is 0.265. The van der Waals surface area contributed by atoms with Gasteiger partial charge >= 0.3 is 0 Å². The van der Waals surface area contributed by atoms with E-state index in [4.69, 9.17) is 0 Å². The topological polar surface area (TPSA) is 40.6 Å². The summed E-state index contributed by atoms with van der Waals surface area (Å²) in [6.07, 6.45) is 8.72. The summed E-state index contributed by atoms with van der Waals surface area (Å²) >= 11 is 0. The molecule has 0 atom stereocenters. The molecule has 0 N–H and O–H groups in total. The Kier molecular flexibility index (Phi) is 7.45. The van der Waals surface area contributed by atoms with Gasteiger partial charge in [0.15, 0.2) is 0 Å². The highest BCUT2D eigenvalue weighted by Gasteiger charge is 2.28. The molecular formula is C21H28N2O2. The predicted octanol–water partition coefficient (Wildman–Crippen LogP) is 3.36. The zero-order valence-corrected chi connectivity index (χ0v) is 15.1. The van der Waals surface area contributed by atoms with Crippen LogP contribution in [0, 0.1) is 5.92 Å². The minimum Gasteiger partial charge on any atom is -0.346 e. The van der Waals surface area contributed by atoms with Crippen molar-refractivity contribution in [1.82, 2.24) is 9.80 Å². The highest BCUT2D eigenvalue weighted by atomic mass is 16.2. The fourth-order valence-corrected chi connectivity index (χ4v) is 3.08. The summed E-state index contributed by atoms with van der Waals surface area (Å²) in [6, 6.07) is 9.79. The SMILES string of the molecule is C=CCCCN(C)C(=O)C1CCN(C(=O)C=Cc2ccccc2)CC1. The molecule has 0 saturated carbocycles. The van der Waals surface area contributed by atoms with Crippen molar-refractivity contribution in [2.75, 3.05) is 26.7 Å². The van der Waals surface area contributed by atoms with Gasteiger partial charge in [-0.15, -0.1) is 6.58 Å². The van der Waals surface area contributed by atoms with Gasteiger partial charge in [0.25, 0.3) is 0 Å². The molecule has 4 heteroatoms. The summed E-state index contributed by atoms with van der Waals surface area (Å²) in [6.45, 7) is 5.77. The van der Waals surface area contributed by atoms with Crippen molar-refractivity contribution in [1.29, 1.82) is 0 Å². The van der Waals surface area contributed by atoms with Crippen LogP contribution in [0.3, 0.4) is 0 Å². The number of amides is 2. The van der Waals surface area contributed by atoms with Gasteiger partial charge < -0.3 is 9.80 Å². The van der Waals surface area contributed by atoms with Crippen LogP contribution >= 0.6 is 0 Å². The van der Waals surface area contributed by atoms with Crippen LogP contribution in [-0.2, 0) is 9.59 Å². The number of benzene rings is 1. The number of unbranched alkanes of at least 4 members (excludes halogenated alkanes) is 1. The first-order valence-corrected chi connectivity index (χ1v) is 8.99. The van der Waals surface area contributed by atoms with Crippen molar-refractivity contribution in [2.24, 2.45) is 5.92 Å². The number of allylic oxidation sites excluding steroid dienone is 1. The van der Waals surface area contributed by atoms with Crippen molar-refractivity contribution in [2.45, 2.75) is 25.7 Å². The summed E-state index contributed by atoms with van der Waals surface area (Å²) in [5, 5.41) is 0. The average Bonchev–Trinajstić information content (AvgIpc) is 2.66. The Balaban J connectivity index is 1.78. The number of hydrogen-bond acceptors (Lipinski definition) is 2. The Morgan fingerprint density at radius 3 is 2.56 bits per heavy atom. The molecule has 134 valence electrons. The van der Waals surface area contributed by atoms with E-state index < -0.39 is 0 Å². The van der Waals surface area contributed by atoms with Gasteiger partial charge in [0.1, 0.15) is 0 Å². The van der Waals surface area contributed by atoms with E-state index in [2.05, 4.69) is 6.58 Å². The number of piperidine rings is 1. The van der Waals surface area contributed by atoms with Crippen LogP contribution in [0.1, 0.15) is 31.2 Å². The van der Waals surface area contributed by atoms with E-state index in [1.807, 2.05) is 59.3 Å². The van der Waals surface area contributed by atoms with Gasteiger partial charge in [-0.1, -0.05) is 36.4 Å². The lowest BCUT2D eigenvalue weighted by molar-refractivity contribution is -0.138. The van der Waals surface area contributed by atoms with Crippen LogP contribution in [0.15, 0.2) is 49.1 Å².